The number of rotatable bonds is 1. The second kappa shape index (κ2) is 3.26. The van der Waals surface area contributed by atoms with E-state index < -0.39 is 0 Å². The van der Waals surface area contributed by atoms with E-state index in [-0.39, 0.29) is 12.4 Å². The summed E-state index contributed by atoms with van der Waals surface area (Å²) in [7, 11) is 0. The van der Waals surface area contributed by atoms with Crippen LogP contribution in [0, 0.1) is 5.92 Å². The highest BCUT2D eigenvalue weighted by Gasteiger charge is 2.51. The van der Waals surface area contributed by atoms with Crippen LogP contribution in [0.3, 0.4) is 0 Å². The fourth-order valence-corrected chi connectivity index (χ4v) is 3.69. The summed E-state index contributed by atoms with van der Waals surface area (Å²) in [5.74, 6) is 0.941. The minimum absolute atomic E-state index is 0. The minimum Gasteiger partial charge on any atom is -0.306 e. The molecule has 72 valence electrons. The lowest BCUT2D eigenvalue weighted by Gasteiger charge is -2.44. The van der Waals surface area contributed by atoms with Gasteiger partial charge in [0.25, 0.3) is 0 Å². The maximum atomic E-state index is 3.68. The lowest BCUT2D eigenvalue weighted by atomic mass is 9.67. The highest BCUT2D eigenvalue weighted by Crippen LogP contribution is 2.52. The zero-order chi connectivity index (χ0) is 8.02. The third kappa shape index (κ3) is 1.16. The molecule has 0 bridgehead atoms. The number of nitrogens with one attached hydrogen (secondary N) is 1. The molecule has 3 heteroatoms. The number of halogens is 1. The van der Waals surface area contributed by atoms with Crippen molar-refractivity contribution >= 4 is 23.7 Å². The quantitative estimate of drug-likeness (QED) is 0.760. The number of fused-ring (bicyclic) bond motifs is 1. The second-order valence-corrected chi connectivity index (χ2v) is 4.85. The van der Waals surface area contributed by atoms with Crippen molar-refractivity contribution < 1.29 is 0 Å². The van der Waals surface area contributed by atoms with E-state index in [9.17, 15) is 0 Å². The van der Waals surface area contributed by atoms with Crippen LogP contribution in [-0.2, 0) is 5.54 Å². The van der Waals surface area contributed by atoms with Gasteiger partial charge in [0, 0.05) is 4.88 Å². The molecule has 2 atom stereocenters. The summed E-state index contributed by atoms with van der Waals surface area (Å²) in [4.78, 5) is 1.57. The van der Waals surface area contributed by atoms with Crippen molar-refractivity contribution in [1.29, 1.82) is 0 Å². The van der Waals surface area contributed by atoms with Crippen molar-refractivity contribution in [3.05, 3.63) is 22.4 Å². The summed E-state index contributed by atoms with van der Waals surface area (Å²) < 4.78 is 0. The molecule has 2 aliphatic rings. The molecule has 0 radical (unpaired) electrons. The standard InChI is InChI=1S/C10H13NS.ClH/c1-2-9(12-7-1)10-5-3-8(10)4-6-11-10;/h1-2,7-8,11H,3-6H2;1H. The predicted octanol–water partition coefficient (Wildman–Crippen LogP) is 2.77. The Morgan fingerprint density at radius 1 is 1.46 bits per heavy atom. The van der Waals surface area contributed by atoms with E-state index in [4.69, 9.17) is 0 Å². The summed E-state index contributed by atoms with van der Waals surface area (Å²) in [6.45, 7) is 1.22. The first-order valence-corrected chi connectivity index (χ1v) is 5.59. The van der Waals surface area contributed by atoms with Crippen LogP contribution in [0.15, 0.2) is 17.5 Å². The summed E-state index contributed by atoms with van der Waals surface area (Å²) in [6, 6.07) is 4.46. The molecule has 3 rings (SSSR count). The van der Waals surface area contributed by atoms with Crippen molar-refractivity contribution in [2.45, 2.75) is 24.8 Å². The molecule has 1 nitrogen and oxygen atoms in total. The van der Waals surface area contributed by atoms with Crippen LogP contribution in [0.4, 0.5) is 0 Å². The van der Waals surface area contributed by atoms with Crippen molar-refractivity contribution in [3.63, 3.8) is 0 Å². The van der Waals surface area contributed by atoms with Gasteiger partial charge in [0.1, 0.15) is 0 Å². The lowest BCUT2D eigenvalue weighted by molar-refractivity contribution is 0.140. The van der Waals surface area contributed by atoms with Crippen molar-refractivity contribution in [3.8, 4) is 0 Å². The van der Waals surface area contributed by atoms with E-state index in [0.29, 0.717) is 5.54 Å². The maximum Gasteiger partial charge on any atom is 0.0557 e. The monoisotopic (exact) mass is 215 g/mol. The van der Waals surface area contributed by atoms with Gasteiger partial charge in [0.05, 0.1) is 5.54 Å². The van der Waals surface area contributed by atoms with Gasteiger partial charge in [-0.25, -0.2) is 0 Å². The first kappa shape index (κ1) is 9.50. The Morgan fingerprint density at radius 2 is 2.38 bits per heavy atom. The fraction of sp³-hybridized carbons (Fsp3) is 0.600. The molecule has 1 N–H and O–H groups in total. The first-order chi connectivity index (χ1) is 5.92. The molecule has 13 heavy (non-hydrogen) atoms. The molecule has 0 amide bonds. The fourth-order valence-electron chi connectivity index (χ4n) is 2.67. The van der Waals surface area contributed by atoms with Crippen molar-refractivity contribution in [2.24, 2.45) is 5.92 Å². The van der Waals surface area contributed by atoms with Gasteiger partial charge in [-0.3, -0.25) is 0 Å². The van der Waals surface area contributed by atoms with E-state index in [1.165, 1.54) is 25.8 Å². The molecular weight excluding hydrogens is 202 g/mol. The molecule has 1 aromatic heterocycles. The predicted molar refractivity (Wildman–Crippen MR) is 58.6 cm³/mol. The largest absolute Gasteiger partial charge is 0.306 e. The highest BCUT2D eigenvalue weighted by atomic mass is 35.5. The summed E-state index contributed by atoms with van der Waals surface area (Å²) >= 11 is 1.91. The van der Waals surface area contributed by atoms with E-state index in [1.807, 2.05) is 11.3 Å². The smallest absolute Gasteiger partial charge is 0.0557 e. The SMILES string of the molecule is Cl.c1csc(C23CCC2CCN3)c1. The van der Waals surface area contributed by atoms with E-state index in [1.54, 1.807) is 4.88 Å². The molecular formula is C10H14ClNS. The summed E-state index contributed by atoms with van der Waals surface area (Å²) in [6.07, 6.45) is 4.18. The average Bonchev–Trinajstić information content (AvgIpc) is 2.61. The Morgan fingerprint density at radius 3 is 2.92 bits per heavy atom. The maximum absolute atomic E-state index is 3.68. The molecule has 1 aliphatic carbocycles. The summed E-state index contributed by atoms with van der Waals surface area (Å²) in [5.41, 5.74) is 0.425. The lowest BCUT2D eigenvalue weighted by Crippen LogP contribution is -2.48. The van der Waals surface area contributed by atoms with Gasteiger partial charge < -0.3 is 5.32 Å². The number of hydrogen-bond acceptors (Lipinski definition) is 2. The molecule has 1 aromatic rings. The molecule has 0 aromatic carbocycles. The Balaban J connectivity index is 0.000000653. The molecule has 2 unspecified atom stereocenters. The first-order valence-electron chi connectivity index (χ1n) is 4.71. The van der Waals surface area contributed by atoms with Crippen molar-refractivity contribution in [2.75, 3.05) is 6.54 Å². The highest BCUT2D eigenvalue weighted by molar-refractivity contribution is 7.10. The van der Waals surface area contributed by atoms with Gasteiger partial charge in [-0.1, -0.05) is 6.07 Å². The van der Waals surface area contributed by atoms with Gasteiger partial charge in [-0.2, -0.15) is 0 Å². The molecule has 1 aliphatic heterocycles. The average molecular weight is 216 g/mol. The van der Waals surface area contributed by atoms with Crippen LogP contribution < -0.4 is 5.32 Å². The molecule has 0 spiro atoms. The van der Waals surface area contributed by atoms with Crippen LogP contribution >= 0.6 is 23.7 Å². The Hall–Kier alpha value is -0.0500. The zero-order valence-electron chi connectivity index (χ0n) is 7.45. The second-order valence-electron chi connectivity index (χ2n) is 3.90. The summed E-state index contributed by atoms with van der Waals surface area (Å²) in [5, 5.41) is 5.88. The molecule has 2 heterocycles. The van der Waals surface area contributed by atoms with Crippen LogP contribution in [0.1, 0.15) is 24.1 Å². The molecule has 2 fully saturated rings. The third-order valence-corrected chi connectivity index (χ3v) is 4.53. The third-order valence-electron chi connectivity index (χ3n) is 3.48. The van der Waals surface area contributed by atoms with Crippen LogP contribution in [0.25, 0.3) is 0 Å². The van der Waals surface area contributed by atoms with Gasteiger partial charge in [-0.05, 0) is 43.2 Å². The van der Waals surface area contributed by atoms with E-state index in [0.717, 1.165) is 5.92 Å². The number of hydrogen-bond donors (Lipinski definition) is 1. The molecule has 1 saturated carbocycles. The minimum atomic E-state index is 0. The topological polar surface area (TPSA) is 12.0 Å². The zero-order valence-corrected chi connectivity index (χ0v) is 9.09. The van der Waals surface area contributed by atoms with Crippen LogP contribution in [0.5, 0.6) is 0 Å². The van der Waals surface area contributed by atoms with E-state index >= 15 is 0 Å². The van der Waals surface area contributed by atoms with Gasteiger partial charge in [0.15, 0.2) is 0 Å². The molecule has 1 saturated heterocycles. The number of thiophene rings is 1. The van der Waals surface area contributed by atoms with Gasteiger partial charge in [-0.15, -0.1) is 23.7 Å². The van der Waals surface area contributed by atoms with E-state index in [2.05, 4.69) is 22.8 Å². The normalized spacial score (nSPS) is 36.2. The Labute approximate surface area is 89.0 Å². The Bertz CT molecular complexity index is 285. The Kier molecular flexibility index (Phi) is 2.39. The van der Waals surface area contributed by atoms with Gasteiger partial charge >= 0.3 is 0 Å². The van der Waals surface area contributed by atoms with Gasteiger partial charge in [0.2, 0.25) is 0 Å². The van der Waals surface area contributed by atoms with Crippen LogP contribution in [-0.4, -0.2) is 6.54 Å². The van der Waals surface area contributed by atoms with Crippen molar-refractivity contribution in [1.82, 2.24) is 5.32 Å². The van der Waals surface area contributed by atoms with Crippen LogP contribution in [0.2, 0.25) is 0 Å².